The number of aromatic nitrogens is 2. The van der Waals surface area contributed by atoms with Crippen LogP contribution in [0.4, 0.5) is 18.0 Å². The second-order valence-corrected chi connectivity index (χ2v) is 14.8. The molecule has 0 aliphatic carbocycles. The number of nitrogens with one attached hydrogen (secondary N) is 3. The zero-order chi connectivity index (χ0) is 34.2. The maximum Gasteiger partial charge on any atom is 0.573 e. The Labute approximate surface area is 272 Å². The molecule has 1 aliphatic rings. The van der Waals surface area contributed by atoms with Crippen molar-refractivity contribution >= 4 is 50.0 Å². The summed E-state index contributed by atoms with van der Waals surface area (Å²) in [6, 6.07) is 3.50. The lowest BCUT2D eigenvalue weighted by atomic mass is 9.96. The number of hydrogen-bond acceptors (Lipinski definition) is 8. The quantitative estimate of drug-likeness (QED) is 0.284. The topological polar surface area (TPSA) is 149 Å². The van der Waals surface area contributed by atoms with Crippen molar-refractivity contribution in [1.29, 1.82) is 0 Å². The molecule has 0 saturated carbocycles. The number of ether oxygens (including phenoxy) is 2. The van der Waals surface area contributed by atoms with Crippen molar-refractivity contribution in [3.05, 3.63) is 66.3 Å². The molecule has 1 aliphatic heterocycles. The number of benzene rings is 2. The van der Waals surface area contributed by atoms with Crippen LogP contribution in [0.1, 0.15) is 51.7 Å². The van der Waals surface area contributed by atoms with Crippen LogP contribution < -0.4 is 26.6 Å². The number of fused-ring (bicyclic) bond motifs is 1. The maximum absolute atomic E-state index is 13.7. The summed E-state index contributed by atoms with van der Waals surface area (Å²) >= 11 is 12.7. The van der Waals surface area contributed by atoms with E-state index in [0.717, 1.165) is 12.5 Å². The van der Waals surface area contributed by atoms with Gasteiger partial charge in [-0.15, -0.1) is 13.2 Å². The van der Waals surface area contributed by atoms with Crippen LogP contribution in [0.2, 0.25) is 10.0 Å². The van der Waals surface area contributed by atoms with Crippen LogP contribution in [-0.2, 0) is 27.5 Å². The van der Waals surface area contributed by atoms with Crippen molar-refractivity contribution in [3.8, 4) is 5.75 Å². The molecule has 46 heavy (non-hydrogen) atoms. The van der Waals surface area contributed by atoms with Crippen LogP contribution in [0.25, 0.3) is 10.9 Å². The number of rotatable bonds is 9. The van der Waals surface area contributed by atoms with Crippen molar-refractivity contribution in [2.45, 2.75) is 82.4 Å². The number of hydrogen-bond donors (Lipinski definition) is 3. The second-order valence-electron chi connectivity index (χ2n) is 11.8. The van der Waals surface area contributed by atoms with E-state index in [2.05, 4.69) is 20.4 Å². The molecule has 4 rings (SSSR count). The highest BCUT2D eigenvalue weighted by Crippen LogP contribution is 2.37. The average molecular weight is 710 g/mol. The second kappa shape index (κ2) is 13.5. The summed E-state index contributed by atoms with van der Waals surface area (Å²) in [6.07, 6.45) is -4.96. The Morgan fingerprint density at radius 2 is 1.87 bits per heavy atom. The van der Waals surface area contributed by atoms with E-state index in [1.807, 2.05) is 0 Å². The number of carbonyl (C=O) groups is 1. The lowest BCUT2D eigenvalue weighted by Crippen LogP contribution is -2.50. The van der Waals surface area contributed by atoms with Gasteiger partial charge in [-0.2, -0.15) is 0 Å². The molecule has 11 nitrogen and oxygen atoms in total. The van der Waals surface area contributed by atoms with E-state index in [0.29, 0.717) is 17.5 Å². The lowest BCUT2D eigenvalue weighted by Gasteiger charge is -2.28. The van der Waals surface area contributed by atoms with Gasteiger partial charge in [0, 0.05) is 16.6 Å². The Hall–Kier alpha value is -3.27. The van der Waals surface area contributed by atoms with Crippen LogP contribution in [0.5, 0.6) is 5.75 Å². The number of sulfone groups is 1. The molecular formula is C29H33Cl2F3N4O7S. The minimum Gasteiger partial charge on any atom is -0.444 e. The minimum atomic E-state index is -5.20. The highest BCUT2D eigenvalue weighted by Gasteiger charge is 2.36. The molecule has 0 spiro atoms. The van der Waals surface area contributed by atoms with Crippen LogP contribution >= 0.6 is 23.2 Å². The van der Waals surface area contributed by atoms with E-state index >= 15 is 0 Å². The van der Waals surface area contributed by atoms with Gasteiger partial charge in [0.25, 0.3) is 5.56 Å². The molecule has 1 unspecified atom stereocenters. The summed E-state index contributed by atoms with van der Waals surface area (Å²) in [5.41, 5.74) is -3.37. The summed E-state index contributed by atoms with van der Waals surface area (Å²) in [4.78, 5) is 41.8. The number of amides is 1. The Bertz CT molecular complexity index is 1870. The highest BCUT2D eigenvalue weighted by atomic mass is 35.5. The first-order chi connectivity index (χ1) is 21.3. The number of alkyl carbamates (subject to hydrolysis) is 1. The predicted molar refractivity (Wildman–Crippen MR) is 167 cm³/mol. The number of H-pyrrole nitrogens is 1. The molecule has 1 amide bonds. The van der Waals surface area contributed by atoms with E-state index in [9.17, 15) is 36.0 Å². The molecule has 0 radical (unpaired) electrons. The van der Waals surface area contributed by atoms with Crippen LogP contribution in [0.3, 0.4) is 0 Å². The van der Waals surface area contributed by atoms with Crippen LogP contribution in [0, 0.1) is 0 Å². The zero-order valence-electron chi connectivity index (χ0n) is 25.3. The number of alkyl halides is 3. The van der Waals surface area contributed by atoms with Gasteiger partial charge < -0.3 is 25.1 Å². The SMILES string of the molecule is CCS(=O)(=O)c1ccc(Cl)cc1Cn1c(=O)[nH]c2c(Cl)c(CC(NC(=O)OC(C)(C)C)[C@@H]3CCCN3)c(OC(F)(F)F)cc2c1=O. The highest BCUT2D eigenvalue weighted by molar-refractivity contribution is 7.91. The van der Waals surface area contributed by atoms with Crippen LogP contribution in [0.15, 0.2) is 38.8 Å². The van der Waals surface area contributed by atoms with Gasteiger partial charge in [0.15, 0.2) is 9.84 Å². The molecule has 2 atom stereocenters. The van der Waals surface area contributed by atoms with E-state index in [4.69, 9.17) is 27.9 Å². The normalized spacial score (nSPS) is 16.4. The van der Waals surface area contributed by atoms with E-state index < -0.39 is 67.9 Å². The predicted octanol–water partition coefficient (Wildman–Crippen LogP) is 4.92. The number of aromatic amines is 1. The monoisotopic (exact) mass is 708 g/mol. The summed E-state index contributed by atoms with van der Waals surface area (Å²) in [6.45, 7) is 6.43. The zero-order valence-corrected chi connectivity index (χ0v) is 27.6. The summed E-state index contributed by atoms with van der Waals surface area (Å²) in [5.74, 6) is -1.09. The first kappa shape index (κ1) is 35.6. The Morgan fingerprint density at radius 3 is 2.46 bits per heavy atom. The number of halogens is 5. The van der Waals surface area contributed by atoms with Crippen molar-refractivity contribution in [2.24, 2.45) is 0 Å². The third kappa shape index (κ3) is 8.35. The van der Waals surface area contributed by atoms with E-state index in [1.165, 1.54) is 25.1 Å². The fourth-order valence-corrected chi connectivity index (χ4v) is 6.87. The summed E-state index contributed by atoms with van der Waals surface area (Å²) in [5, 5.41) is 5.21. The van der Waals surface area contributed by atoms with Crippen molar-refractivity contribution in [1.82, 2.24) is 20.2 Å². The molecule has 1 fully saturated rings. The maximum atomic E-state index is 13.7. The lowest BCUT2D eigenvalue weighted by molar-refractivity contribution is -0.274. The fourth-order valence-electron chi connectivity index (χ4n) is 5.25. The van der Waals surface area contributed by atoms with Gasteiger partial charge >= 0.3 is 18.1 Å². The molecule has 252 valence electrons. The fraction of sp³-hybridized carbons (Fsp3) is 0.483. The third-order valence-corrected chi connectivity index (χ3v) is 9.76. The first-order valence-corrected chi connectivity index (χ1v) is 16.7. The van der Waals surface area contributed by atoms with Gasteiger partial charge in [-0.3, -0.25) is 9.36 Å². The van der Waals surface area contributed by atoms with E-state index in [-0.39, 0.29) is 44.8 Å². The van der Waals surface area contributed by atoms with Crippen molar-refractivity contribution in [3.63, 3.8) is 0 Å². The van der Waals surface area contributed by atoms with Gasteiger partial charge in [0.05, 0.1) is 39.2 Å². The van der Waals surface area contributed by atoms with Gasteiger partial charge in [-0.1, -0.05) is 30.1 Å². The van der Waals surface area contributed by atoms with E-state index in [1.54, 1.807) is 20.8 Å². The van der Waals surface area contributed by atoms with Crippen molar-refractivity contribution in [2.75, 3.05) is 12.3 Å². The van der Waals surface area contributed by atoms with Gasteiger partial charge in [-0.05, 0) is 76.4 Å². The molecule has 1 saturated heterocycles. The first-order valence-electron chi connectivity index (χ1n) is 14.3. The summed E-state index contributed by atoms with van der Waals surface area (Å²) in [7, 11) is -3.81. The Kier molecular flexibility index (Phi) is 10.4. The number of nitrogens with zero attached hydrogens (tertiary/aromatic N) is 1. The molecule has 0 bridgehead atoms. The average Bonchev–Trinajstić information content (AvgIpc) is 3.46. The van der Waals surface area contributed by atoms with Gasteiger partial charge in [0.2, 0.25) is 0 Å². The smallest absolute Gasteiger partial charge is 0.444 e. The molecule has 2 aromatic carbocycles. The standard InChI is InChI=1S/C29H33Cl2F3N4O7S/c1-5-46(42,43)22-9-8-16(30)11-15(22)14-38-25(39)18-13-21(44-29(32,33)34)17(23(31)24(18)37-26(38)40)12-20(19-7-6-10-35-19)36-27(41)45-28(2,3)4/h8-9,11,13,19-20,35H,5-7,10,12,14H2,1-4H3,(H,36,41)(H,37,40)/t19-,20?/m0/s1. The Balaban J connectivity index is 1.86. The van der Waals surface area contributed by atoms with Crippen molar-refractivity contribution < 1.29 is 35.9 Å². The summed E-state index contributed by atoms with van der Waals surface area (Å²) < 4.78 is 76.7. The molecular weight excluding hydrogens is 676 g/mol. The van der Waals surface area contributed by atoms with Crippen LogP contribution in [-0.4, -0.2) is 60.4 Å². The third-order valence-electron chi connectivity index (χ3n) is 7.28. The van der Waals surface area contributed by atoms with Gasteiger partial charge in [0.1, 0.15) is 11.4 Å². The van der Waals surface area contributed by atoms with Gasteiger partial charge in [-0.25, -0.2) is 18.0 Å². The molecule has 1 aromatic heterocycles. The Morgan fingerprint density at radius 1 is 1.17 bits per heavy atom. The largest absolute Gasteiger partial charge is 0.573 e. The molecule has 3 aromatic rings. The number of carbonyl (C=O) groups excluding carboxylic acids is 1. The molecule has 17 heteroatoms. The minimum absolute atomic E-state index is 0.0240. The molecule has 3 N–H and O–H groups in total. The molecule has 2 heterocycles.